The van der Waals surface area contributed by atoms with Crippen LogP contribution in [0.15, 0.2) is 18.5 Å². The summed E-state index contributed by atoms with van der Waals surface area (Å²) in [4.78, 5) is 20.7. The van der Waals surface area contributed by atoms with Gasteiger partial charge in [-0.15, -0.1) is 0 Å². The normalized spacial score (nSPS) is 25.5. The number of methoxy groups -OCH3 is 1. The number of hydrogen-bond donors (Lipinski definition) is 2. The number of nitrogens with zero attached hydrogens (tertiary/aromatic N) is 2. The molecule has 3 heterocycles. The maximum atomic E-state index is 12.7. The third kappa shape index (κ3) is 1.60. The number of anilines is 2. The molecule has 3 rings (SSSR count). The molecular formula is C13H16N4O2. The lowest BCUT2D eigenvalue weighted by molar-refractivity contribution is -0.124. The van der Waals surface area contributed by atoms with Gasteiger partial charge in [0, 0.05) is 29.8 Å². The number of aromatic nitrogens is 2. The van der Waals surface area contributed by atoms with Crippen molar-refractivity contribution in [1.82, 2.24) is 9.97 Å². The Bertz CT molecular complexity index is 742. The maximum Gasteiger partial charge on any atom is 0.254 e. The summed E-state index contributed by atoms with van der Waals surface area (Å²) in [5, 5.41) is 3.85. The van der Waals surface area contributed by atoms with Gasteiger partial charge in [-0.3, -0.25) is 4.79 Å². The zero-order valence-corrected chi connectivity index (χ0v) is 10.7. The van der Waals surface area contributed by atoms with E-state index in [9.17, 15) is 4.79 Å². The van der Waals surface area contributed by atoms with Gasteiger partial charge in [-0.25, -0.2) is 4.98 Å². The SMILES string of the molecule is [2H]C([2H])([2H])N1C(=O)[C@](C)(COC)Nc2c1cnc1[nH]ccc21. The number of pyridine rings is 1. The van der Waals surface area contributed by atoms with Crippen molar-refractivity contribution in [3.63, 3.8) is 0 Å². The zero-order valence-electron chi connectivity index (χ0n) is 13.7. The fourth-order valence-electron chi connectivity index (χ4n) is 2.37. The monoisotopic (exact) mass is 263 g/mol. The van der Waals surface area contributed by atoms with Crippen molar-refractivity contribution < 1.29 is 13.6 Å². The average Bonchev–Trinajstić information content (AvgIpc) is 2.88. The van der Waals surface area contributed by atoms with Crippen LogP contribution in [-0.4, -0.2) is 42.1 Å². The Hall–Kier alpha value is -2.08. The second-order valence-electron chi connectivity index (χ2n) is 4.79. The van der Waals surface area contributed by atoms with Crippen LogP contribution in [0.4, 0.5) is 11.4 Å². The van der Waals surface area contributed by atoms with Crippen molar-refractivity contribution >= 4 is 28.3 Å². The van der Waals surface area contributed by atoms with Gasteiger partial charge < -0.3 is 19.9 Å². The molecule has 0 fully saturated rings. The van der Waals surface area contributed by atoms with Crippen molar-refractivity contribution in [2.45, 2.75) is 12.5 Å². The highest BCUT2D eigenvalue weighted by Crippen LogP contribution is 2.38. The Morgan fingerprint density at radius 1 is 1.63 bits per heavy atom. The summed E-state index contributed by atoms with van der Waals surface area (Å²) >= 11 is 0. The number of carbonyl (C=O) groups is 1. The zero-order chi connectivity index (χ0) is 16.1. The summed E-state index contributed by atoms with van der Waals surface area (Å²) in [6, 6.07) is 1.79. The van der Waals surface area contributed by atoms with Crippen LogP contribution in [0.3, 0.4) is 0 Å². The van der Waals surface area contributed by atoms with E-state index in [1.165, 1.54) is 13.3 Å². The fourth-order valence-corrected chi connectivity index (χ4v) is 2.37. The van der Waals surface area contributed by atoms with E-state index in [4.69, 9.17) is 8.85 Å². The number of H-pyrrole nitrogens is 1. The Morgan fingerprint density at radius 3 is 3.21 bits per heavy atom. The molecule has 0 radical (unpaired) electrons. The predicted molar refractivity (Wildman–Crippen MR) is 73.4 cm³/mol. The first-order valence-electron chi connectivity index (χ1n) is 7.36. The molecule has 0 bridgehead atoms. The Labute approximate surface area is 115 Å². The van der Waals surface area contributed by atoms with Crippen molar-refractivity contribution in [1.29, 1.82) is 0 Å². The lowest BCUT2D eigenvalue weighted by atomic mass is 9.97. The molecule has 2 aromatic rings. The van der Waals surface area contributed by atoms with Gasteiger partial charge in [0.25, 0.3) is 5.91 Å². The second kappa shape index (κ2) is 3.96. The Morgan fingerprint density at radius 2 is 2.47 bits per heavy atom. The molecule has 0 aliphatic carbocycles. The van der Waals surface area contributed by atoms with Gasteiger partial charge in [-0.1, -0.05) is 0 Å². The molecule has 2 aromatic heterocycles. The van der Waals surface area contributed by atoms with Gasteiger partial charge in [0.1, 0.15) is 11.2 Å². The molecule has 1 atom stereocenters. The largest absolute Gasteiger partial charge is 0.382 e. The van der Waals surface area contributed by atoms with Gasteiger partial charge in [-0.05, 0) is 13.0 Å². The first kappa shape index (κ1) is 8.92. The van der Waals surface area contributed by atoms with Crippen molar-refractivity contribution in [3.8, 4) is 0 Å². The minimum absolute atomic E-state index is 0.0477. The number of amides is 1. The average molecular weight is 263 g/mol. The van der Waals surface area contributed by atoms with Crippen LogP contribution in [0.1, 0.15) is 11.0 Å². The third-order valence-corrected chi connectivity index (χ3v) is 3.32. The molecule has 6 nitrogen and oxygen atoms in total. The van der Waals surface area contributed by atoms with Crippen molar-refractivity contribution in [3.05, 3.63) is 18.5 Å². The summed E-state index contributed by atoms with van der Waals surface area (Å²) < 4.78 is 28.2. The lowest BCUT2D eigenvalue weighted by Crippen LogP contribution is -2.57. The summed E-state index contributed by atoms with van der Waals surface area (Å²) in [6.45, 7) is -0.930. The quantitative estimate of drug-likeness (QED) is 0.858. The van der Waals surface area contributed by atoms with Crippen LogP contribution >= 0.6 is 0 Å². The summed E-state index contributed by atoms with van der Waals surface area (Å²) in [6.07, 6.45) is 3.10. The van der Waals surface area contributed by atoms with E-state index in [0.717, 1.165) is 10.3 Å². The molecule has 100 valence electrons. The standard InChI is InChI=1S/C13H16N4O2/c1-13(7-19-3)12(18)17(2)9-6-15-11-8(4-5-14-11)10(9)16-13/h4-6,16H,7H2,1-3H3,(H,14,15)/t13-/m0/s1/i2D3. The van der Waals surface area contributed by atoms with Crippen molar-refractivity contribution in [2.24, 2.45) is 0 Å². The third-order valence-electron chi connectivity index (χ3n) is 3.32. The van der Waals surface area contributed by atoms with E-state index in [0.29, 0.717) is 11.3 Å². The van der Waals surface area contributed by atoms with E-state index in [1.54, 1.807) is 19.2 Å². The first-order chi connectivity index (χ1) is 10.3. The molecule has 6 heteroatoms. The van der Waals surface area contributed by atoms with Crippen molar-refractivity contribution in [2.75, 3.05) is 30.9 Å². The smallest absolute Gasteiger partial charge is 0.254 e. The number of aromatic amines is 1. The number of rotatable bonds is 2. The van der Waals surface area contributed by atoms with Crippen LogP contribution in [0.5, 0.6) is 0 Å². The van der Waals surface area contributed by atoms with Crippen LogP contribution < -0.4 is 10.2 Å². The molecule has 0 saturated carbocycles. The van der Waals surface area contributed by atoms with Gasteiger partial charge >= 0.3 is 0 Å². The first-order valence-corrected chi connectivity index (χ1v) is 5.86. The van der Waals surface area contributed by atoms with E-state index < -0.39 is 18.4 Å². The molecule has 2 N–H and O–H groups in total. The highest BCUT2D eigenvalue weighted by Gasteiger charge is 2.41. The number of fused-ring (bicyclic) bond motifs is 3. The van der Waals surface area contributed by atoms with E-state index in [1.807, 2.05) is 0 Å². The van der Waals surface area contributed by atoms with Crippen LogP contribution in [0.2, 0.25) is 0 Å². The van der Waals surface area contributed by atoms with E-state index in [-0.39, 0.29) is 12.3 Å². The molecule has 0 unspecified atom stereocenters. The van der Waals surface area contributed by atoms with E-state index in [2.05, 4.69) is 15.3 Å². The summed E-state index contributed by atoms with van der Waals surface area (Å²) in [5.74, 6) is -0.571. The number of carbonyl (C=O) groups excluding carboxylic acids is 1. The molecular weight excluding hydrogens is 244 g/mol. The fraction of sp³-hybridized carbons (Fsp3) is 0.385. The van der Waals surface area contributed by atoms with Crippen LogP contribution in [0.25, 0.3) is 11.0 Å². The molecule has 1 amide bonds. The minimum Gasteiger partial charge on any atom is -0.382 e. The Balaban J connectivity index is 2.26. The minimum atomic E-state index is -2.60. The number of likely N-dealkylation sites (N-methyl/N-ethyl adjacent to an activating group) is 1. The Kier molecular flexibility index (Phi) is 1.86. The lowest BCUT2D eigenvalue weighted by Gasteiger charge is -2.39. The molecule has 0 spiro atoms. The topological polar surface area (TPSA) is 70.2 Å². The molecule has 1 aliphatic heterocycles. The summed E-state index contributed by atoms with van der Waals surface area (Å²) in [7, 11) is 1.47. The van der Waals surface area contributed by atoms with E-state index >= 15 is 0 Å². The second-order valence-corrected chi connectivity index (χ2v) is 4.79. The highest BCUT2D eigenvalue weighted by molar-refractivity contribution is 6.12. The highest BCUT2D eigenvalue weighted by atomic mass is 16.5. The van der Waals surface area contributed by atoms with Gasteiger partial charge in [-0.2, -0.15) is 0 Å². The summed E-state index contributed by atoms with van der Waals surface area (Å²) in [5.41, 5.74) is 0.250. The number of ether oxygens (including phenoxy) is 1. The van der Waals surface area contributed by atoms with Gasteiger partial charge in [0.2, 0.25) is 0 Å². The maximum absolute atomic E-state index is 12.7. The van der Waals surface area contributed by atoms with Gasteiger partial charge in [0.15, 0.2) is 0 Å². The predicted octanol–water partition coefficient (Wildman–Crippen LogP) is 1.36. The van der Waals surface area contributed by atoms with Gasteiger partial charge in [0.05, 0.1) is 24.2 Å². The molecule has 19 heavy (non-hydrogen) atoms. The molecule has 0 saturated heterocycles. The molecule has 0 aromatic carbocycles. The van der Waals surface area contributed by atoms with Crippen LogP contribution in [0, 0.1) is 0 Å². The number of hydrogen-bond acceptors (Lipinski definition) is 4. The van der Waals surface area contributed by atoms with Crippen LogP contribution in [-0.2, 0) is 9.53 Å². The number of nitrogens with one attached hydrogen (secondary N) is 2. The molecule has 1 aliphatic rings.